The summed E-state index contributed by atoms with van der Waals surface area (Å²) in [6, 6.07) is 1.71. The molecule has 0 radical (unpaired) electrons. The van der Waals surface area contributed by atoms with E-state index in [9.17, 15) is 44.4 Å². The zero-order valence-electron chi connectivity index (χ0n) is 27.5. The highest BCUT2D eigenvalue weighted by Crippen LogP contribution is 2.45. The number of carbonyl (C=O) groups is 5. The van der Waals surface area contributed by atoms with Crippen LogP contribution in [0.3, 0.4) is 0 Å². The summed E-state index contributed by atoms with van der Waals surface area (Å²) in [6.07, 6.45) is 1.89. The molecule has 1 aromatic carbocycles. The standard InChI is InChI=1S/C31H35ClN8O10S2/c1-40(14-2-3-15(40)7-13(33)6-14)9-12-10-51-28-22(27(45)39(28)23(12)30(48)49)37-26(44)21(17-11-52-31(34)36-17)38-50-19(29(46)47)8-35-25(43)16-4-5-18(41)24(42)20(16)32/h4-5,11,13-15,19,22,28H,2-3,6-10,33H2,1H3,(H7-,34,35,36,37,38,41,42,43,44,46,47,48,49)/p+1/t13?,14-,15-,19-,22+,28+,40?/m0/s1. The topological polar surface area (TPSA) is 280 Å². The number of nitrogen functional groups attached to an aromatic ring is 1. The van der Waals surface area contributed by atoms with Gasteiger partial charge in [0.15, 0.2) is 22.3 Å². The number of carboxylic acid groups (broad SMARTS) is 2. The van der Waals surface area contributed by atoms with E-state index in [1.165, 1.54) is 22.0 Å². The Morgan fingerprint density at radius 2 is 1.88 bits per heavy atom. The van der Waals surface area contributed by atoms with Gasteiger partial charge in [0.25, 0.3) is 17.7 Å². The molecule has 3 fully saturated rings. The van der Waals surface area contributed by atoms with Crippen molar-refractivity contribution in [2.24, 2.45) is 10.9 Å². The largest absolute Gasteiger partial charge is 0.504 e. The fourth-order valence-corrected chi connectivity index (χ4v) is 9.49. The van der Waals surface area contributed by atoms with Crippen LogP contribution >= 0.6 is 34.7 Å². The van der Waals surface area contributed by atoms with Crippen molar-refractivity contribution in [2.45, 2.75) is 61.3 Å². The lowest BCUT2D eigenvalue weighted by Gasteiger charge is -2.51. The molecule has 21 heteroatoms. The summed E-state index contributed by atoms with van der Waals surface area (Å²) in [5.41, 5.74) is 11.7. The fourth-order valence-electron chi connectivity index (χ4n) is 7.37. The van der Waals surface area contributed by atoms with Crippen LogP contribution in [0, 0.1) is 0 Å². The monoisotopic (exact) mass is 779 g/mol. The summed E-state index contributed by atoms with van der Waals surface area (Å²) >= 11 is 8.19. The lowest BCUT2D eigenvalue weighted by molar-refractivity contribution is -0.944. The van der Waals surface area contributed by atoms with Gasteiger partial charge in [-0.05, 0) is 12.1 Å². The van der Waals surface area contributed by atoms with E-state index in [4.69, 9.17) is 27.9 Å². The third-order valence-corrected chi connectivity index (χ3v) is 12.4. The van der Waals surface area contributed by atoms with Gasteiger partial charge in [-0.2, -0.15) is 0 Å². The first-order chi connectivity index (χ1) is 24.6. The number of phenolic OH excluding ortho intramolecular Hbond substituents is 2. The van der Waals surface area contributed by atoms with Crippen molar-refractivity contribution < 1.29 is 53.7 Å². The molecular weight excluding hydrogens is 744 g/mol. The third-order valence-electron chi connectivity index (χ3n) is 10.0. The average molecular weight is 780 g/mol. The number of aromatic hydroxyl groups is 2. The van der Waals surface area contributed by atoms with E-state index >= 15 is 0 Å². The normalized spacial score (nSPS) is 27.4. The number of carbonyl (C=O) groups excluding carboxylic acids is 3. The number of benzene rings is 1. The summed E-state index contributed by atoms with van der Waals surface area (Å²) < 4.78 is 0.680. The van der Waals surface area contributed by atoms with Crippen molar-refractivity contribution in [3.8, 4) is 11.5 Å². The summed E-state index contributed by atoms with van der Waals surface area (Å²) in [4.78, 5) is 74.7. The molecule has 3 saturated heterocycles. The number of oxime groups is 1. The average Bonchev–Trinajstić information content (AvgIpc) is 3.56. The first kappa shape index (κ1) is 37.1. The first-order valence-electron chi connectivity index (χ1n) is 16.1. The molecule has 6 rings (SSSR count). The Morgan fingerprint density at radius 1 is 1.19 bits per heavy atom. The number of aliphatic carboxylic acids is 2. The predicted molar refractivity (Wildman–Crippen MR) is 187 cm³/mol. The number of β-lactam (4-membered cyclic amide) rings is 1. The van der Waals surface area contributed by atoms with E-state index in [2.05, 4.69) is 27.8 Å². The highest BCUT2D eigenvalue weighted by atomic mass is 35.5. The second kappa shape index (κ2) is 14.4. The van der Waals surface area contributed by atoms with E-state index in [-0.39, 0.29) is 28.1 Å². The van der Waals surface area contributed by atoms with Gasteiger partial charge in [-0.15, -0.1) is 23.1 Å². The Labute approximate surface area is 309 Å². The molecule has 2 aromatic rings. The van der Waals surface area contributed by atoms with Crippen LogP contribution in [0.15, 0.2) is 33.9 Å². The van der Waals surface area contributed by atoms with Gasteiger partial charge in [0.05, 0.1) is 36.3 Å². The van der Waals surface area contributed by atoms with E-state index in [0.717, 1.165) is 49.2 Å². The number of aromatic nitrogens is 1. The van der Waals surface area contributed by atoms with Crippen LogP contribution in [-0.2, 0) is 24.0 Å². The number of piperidine rings is 1. The van der Waals surface area contributed by atoms with E-state index in [0.29, 0.717) is 34.4 Å². The van der Waals surface area contributed by atoms with E-state index < -0.39 is 76.0 Å². The lowest BCUT2D eigenvalue weighted by Crippen LogP contribution is -2.71. The molecule has 278 valence electrons. The summed E-state index contributed by atoms with van der Waals surface area (Å²) in [5, 5.41) is 48.1. The minimum atomic E-state index is -1.85. The van der Waals surface area contributed by atoms with Crippen LogP contribution in [0.5, 0.6) is 11.5 Å². The van der Waals surface area contributed by atoms with Gasteiger partial charge in [0.1, 0.15) is 29.4 Å². The van der Waals surface area contributed by atoms with Crippen LogP contribution in [0.2, 0.25) is 5.02 Å². The van der Waals surface area contributed by atoms with Crippen LogP contribution in [0.4, 0.5) is 5.13 Å². The Hall–Kier alpha value is -4.63. The van der Waals surface area contributed by atoms with Gasteiger partial charge in [0.2, 0.25) is 6.10 Å². The second-order valence-electron chi connectivity index (χ2n) is 13.2. The van der Waals surface area contributed by atoms with Crippen LogP contribution in [0.25, 0.3) is 0 Å². The van der Waals surface area contributed by atoms with Crippen LogP contribution < -0.4 is 22.1 Å². The molecule has 4 aliphatic rings. The maximum atomic E-state index is 13.6. The number of nitrogens with one attached hydrogen (secondary N) is 2. The number of nitrogens with two attached hydrogens (primary N) is 2. The maximum absolute atomic E-state index is 13.6. The van der Waals surface area contributed by atoms with Crippen molar-refractivity contribution in [1.29, 1.82) is 0 Å². The predicted octanol–water partition coefficient (Wildman–Crippen LogP) is 0.231. The number of thioether (sulfide) groups is 1. The minimum Gasteiger partial charge on any atom is -0.504 e. The Kier molecular flexibility index (Phi) is 10.3. The second-order valence-corrected chi connectivity index (χ2v) is 15.6. The van der Waals surface area contributed by atoms with Gasteiger partial charge >= 0.3 is 11.9 Å². The van der Waals surface area contributed by atoms with Gasteiger partial charge in [0, 0.05) is 48.4 Å². The number of thiazole rings is 1. The third kappa shape index (κ3) is 6.83. The minimum absolute atomic E-state index is 0.0459. The number of fused-ring (bicyclic) bond motifs is 3. The number of phenols is 2. The number of quaternary nitrogens is 1. The highest BCUT2D eigenvalue weighted by molar-refractivity contribution is 8.00. The molecule has 52 heavy (non-hydrogen) atoms. The molecule has 1 aromatic heterocycles. The highest BCUT2D eigenvalue weighted by Gasteiger charge is 2.57. The number of rotatable bonds is 12. The number of nitrogens with zero attached hydrogens (tertiary/aromatic N) is 4. The number of hydrogen-bond donors (Lipinski definition) is 8. The van der Waals surface area contributed by atoms with Gasteiger partial charge in [-0.1, -0.05) is 16.8 Å². The summed E-state index contributed by atoms with van der Waals surface area (Å²) in [7, 11) is 2.13. The number of hydrogen-bond acceptors (Lipinski definition) is 14. The molecule has 0 aliphatic carbocycles. The van der Waals surface area contributed by atoms with Crippen LogP contribution in [0.1, 0.15) is 41.7 Å². The zero-order chi connectivity index (χ0) is 37.6. The molecular formula is C31H36ClN8O10S2+. The number of anilines is 1. The molecule has 5 atom stereocenters. The Bertz CT molecular complexity index is 1890. The lowest BCUT2D eigenvalue weighted by atomic mass is 9.93. The first-order valence-corrected chi connectivity index (χ1v) is 18.4. The van der Waals surface area contributed by atoms with Gasteiger partial charge < -0.3 is 51.8 Å². The van der Waals surface area contributed by atoms with Gasteiger partial charge in [-0.3, -0.25) is 19.3 Å². The molecule has 10 N–H and O–H groups in total. The molecule has 18 nitrogen and oxygen atoms in total. The van der Waals surface area contributed by atoms with Gasteiger partial charge in [-0.25, -0.2) is 14.6 Å². The number of carboxylic acids is 2. The molecule has 0 saturated carbocycles. The van der Waals surface area contributed by atoms with Crippen molar-refractivity contribution >= 4 is 75.2 Å². The summed E-state index contributed by atoms with van der Waals surface area (Å²) in [5.74, 6) is -6.34. The number of halogens is 1. The molecule has 3 amide bonds. The van der Waals surface area contributed by atoms with Crippen molar-refractivity contribution in [1.82, 2.24) is 20.5 Å². The molecule has 0 unspecified atom stereocenters. The summed E-state index contributed by atoms with van der Waals surface area (Å²) in [6.45, 7) is -0.212. The Balaban J connectivity index is 1.16. The molecule has 0 spiro atoms. The van der Waals surface area contributed by atoms with Crippen molar-refractivity contribution in [2.75, 3.05) is 31.6 Å². The fraction of sp³-hybridized carbons (Fsp3) is 0.452. The van der Waals surface area contributed by atoms with E-state index in [1.54, 1.807) is 0 Å². The molecule has 2 bridgehead atoms. The van der Waals surface area contributed by atoms with E-state index in [1.807, 2.05) is 0 Å². The number of amides is 3. The zero-order valence-corrected chi connectivity index (χ0v) is 29.9. The quantitative estimate of drug-likeness (QED) is 0.0471. The van der Waals surface area contributed by atoms with Crippen LogP contribution in [-0.4, -0.2) is 132 Å². The molecule has 4 aliphatic heterocycles. The maximum Gasteiger partial charge on any atom is 0.352 e. The number of likely N-dealkylation sites (N-methyl/N-ethyl adjacent to an activating group) is 1. The SMILES string of the molecule is C[N+]1(CC2=C(C(=O)O)N3C(=O)[C@@H](NC(=O)/C(=N\O[C@@H](CNC(=O)c4ccc(O)c(O)c4Cl)C(=O)O)c4csc(N)n4)[C@H]3SC2)[C@H]2CC[C@H]1CC(N)C2. The Morgan fingerprint density at radius 3 is 2.50 bits per heavy atom. The smallest absolute Gasteiger partial charge is 0.352 e. The van der Waals surface area contributed by atoms with Crippen molar-refractivity contribution in [3.63, 3.8) is 0 Å². The molecule has 5 heterocycles. The van der Waals surface area contributed by atoms with Crippen molar-refractivity contribution in [3.05, 3.63) is 45.1 Å².